The number of rotatable bonds is 7. The highest BCUT2D eigenvalue weighted by molar-refractivity contribution is 5.94. The van der Waals surface area contributed by atoms with Crippen molar-refractivity contribution in [3.05, 3.63) is 106 Å². The van der Waals surface area contributed by atoms with Crippen molar-refractivity contribution in [1.29, 1.82) is 0 Å². The smallest absolute Gasteiger partial charge is 0.270 e. The normalized spacial score (nSPS) is 12.2. The molecule has 5 aromatic rings. The molecule has 0 aliphatic carbocycles. The summed E-state index contributed by atoms with van der Waals surface area (Å²) >= 11 is 0. The SMILES string of the molecule is CCC(Nc1nc(N)nc(C)c1C=CC(=O)n1cccn1)c1nc2cccc(C)c2c(=O)n1-c1ccccc1. The number of carbonyl (C=O) groups is 1. The number of nitrogens with two attached hydrogens (primary N) is 1. The maximum absolute atomic E-state index is 13.9. The Morgan fingerprint density at radius 1 is 1.05 bits per heavy atom. The first-order valence-corrected chi connectivity index (χ1v) is 12.6. The molecule has 3 aromatic heterocycles. The molecule has 2 aromatic carbocycles. The minimum atomic E-state index is -0.425. The van der Waals surface area contributed by atoms with Crippen molar-refractivity contribution in [2.45, 2.75) is 33.2 Å². The van der Waals surface area contributed by atoms with E-state index < -0.39 is 6.04 Å². The lowest BCUT2D eigenvalue weighted by molar-refractivity contribution is 0.0955. The molecular weight excluding hydrogens is 492 g/mol. The van der Waals surface area contributed by atoms with Crippen molar-refractivity contribution in [3.8, 4) is 5.69 Å². The molecule has 0 radical (unpaired) electrons. The summed E-state index contributed by atoms with van der Waals surface area (Å²) in [6.07, 6.45) is 6.72. The number of hydrogen-bond donors (Lipinski definition) is 2. The molecule has 3 heterocycles. The molecule has 0 saturated carbocycles. The molecule has 0 spiro atoms. The molecule has 0 bridgehead atoms. The van der Waals surface area contributed by atoms with Gasteiger partial charge in [0.2, 0.25) is 5.95 Å². The summed E-state index contributed by atoms with van der Waals surface area (Å²) in [5, 5.41) is 7.98. The van der Waals surface area contributed by atoms with Gasteiger partial charge in [0.25, 0.3) is 11.5 Å². The van der Waals surface area contributed by atoms with Crippen LogP contribution >= 0.6 is 0 Å². The van der Waals surface area contributed by atoms with Gasteiger partial charge in [0.15, 0.2) is 0 Å². The van der Waals surface area contributed by atoms with Crippen LogP contribution in [0.25, 0.3) is 22.7 Å². The van der Waals surface area contributed by atoms with Crippen LogP contribution in [-0.2, 0) is 0 Å². The molecule has 196 valence electrons. The van der Waals surface area contributed by atoms with E-state index in [1.54, 1.807) is 29.8 Å². The number of hydrogen-bond acceptors (Lipinski definition) is 8. The number of aromatic nitrogens is 6. The highest BCUT2D eigenvalue weighted by atomic mass is 16.2. The van der Waals surface area contributed by atoms with E-state index in [9.17, 15) is 9.59 Å². The Labute approximate surface area is 224 Å². The molecule has 10 heteroatoms. The van der Waals surface area contributed by atoms with Gasteiger partial charge in [0.05, 0.1) is 28.3 Å². The highest BCUT2D eigenvalue weighted by Gasteiger charge is 2.23. The van der Waals surface area contributed by atoms with Gasteiger partial charge in [0, 0.05) is 24.0 Å². The van der Waals surface area contributed by atoms with E-state index in [0.29, 0.717) is 45.9 Å². The van der Waals surface area contributed by atoms with E-state index in [4.69, 9.17) is 10.7 Å². The molecule has 0 aliphatic rings. The van der Waals surface area contributed by atoms with Crippen LogP contribution in [-0.4, -0.2) is 35.2 Å². The van der Waals surface area contributed by atoms with Gasteiger partial charge in [0.1, 0.15) is 11.6 Å². The lowest BCUT2D eigenvalue weighted by Gasteiger charge is -2.23. The Morgan fingerprint density at radius 3 is 2.56 bits per heavy atom. The van der Waals surface area contributed by atoms with E-state index in [1.807, 2.05) is 62.4 Å². The molecule has 1 unspecified atom stereocenters. The van der Waals surface area contributed by atoms with Crippen LogP contribution in [0.4, 0.5) is 11.8 Å². The van der Waals surface area contributed by atoms with Crippen LogP contribution in [0.5, 0.6) is 0 Å². The van der Waals surface area contributed by atoms with Crippen LogP contribution in [0.1, 0.15) is 46.8 Å². The number of nitrogen functional groups attached to an aromatic ring is 1. The van der Waals surface area contributed by atoms with Crippen molar-refractivity contribution in [2.75, 3.05) is 11.1 Å². The van der Waals surface area contributed by atoms with Gasteiger partial charge >= 0.3 is 0 Å². The number of aryl methyl sites for hydroxylation is 2. The van der Waals surface area contributed by atoms with Gasteiger partial charge in [-0.05, 0) is 56.2 Å². The fourth-order valence-electron chi connectivity index (χ4n) is 4.53. The lowest BCUT2D eigenvalue weighted by Crippen LogP contribution is -2.29. The minimum absolute atomic E-state index is 0.0861. The Bertz CT molecular complexity index is 1740. The molecule has 10 nitrogen and oxygen atoms in total. The van der Waals surface area contributed by atoms with Crippen molar-refractivity contribution >= 4 is 34.7 Å². The van der Waals surface area contributed by atoms with E-state index >= 15 is 0 Å². The number of nitrogens with zero attached hydrogens (tertiary/aromatic N) is 6. The summed E-state index contributed by atoms with van der Waals surface area (Å²) in [7, 11) is 0. The average molecular weight is 521 g/mol. The van der Waals surface area contributed by atoms with Crippen LogP contribution in [0.2, 0.25) is 0 Å². The third kappa shape index (κ3) is 5.04. The van der Waals surface area contributed by atoms with Crippen LogP contribution in [0.15, 0.2) is 77.9 Å². The van der Waals surface area contributed by atoms with Crippen LogP contribution < -0.4 is 16.6 Å². The molecular formula is C29H28N8O2. The predicted molar refractivity (Wildman–Crippen MR) is 152 cm³/mol. The summed E-state index contributed by atoms with van der Waals surface area (Å²) in [6, 6.07) is 16.3. The molecule has 3 N–H and O–H groups in total. The number of benzene rings is 2. The second-order valence-electron chi connectivity index (χ2n) is 9.07. The van der Waals surface area contributed by atoms with Gasteiger partial charge < -0.3 is 11.1 Å². The Balaban J connectivity index is 1.64. The Hall–Kier alpha value is -5.12. The van der Waals surface area contributed by atoms with E-state index in [1.165, 1.54) is 17.0 Å². The fourth-order valence-corrected chi connectivity index (χ4v) is 4.53. The first kappa shape index (κ1) is 25.5. The van der Waals surface area contributed by atoms with Crippen molar-refractivity contribution < 1.29 is 4.79 Å². The maximum atomic E-state index is 13.9. The monoisotopic (exact) mass is 520 g/mol. The van der Waals surface area contributed by atoms with Gasteiger partial charge in [-0.1, -0.05) is 37.3 Å². The number of para-hydroxylation sites is 1. The second kappa shape index (κ2) is 10.7. The summed E-state index contributed by atoms with van der Waals surface area (Å²) in [6.45, 7) is 5.69. The Kier molecular flexibility index (Phi) is 7.00. The number of carbonyl (C=O) groups excluding carboxylic acids is 1. The van der Waals surface area contributed by atoms with E-state index in [2.05, 4.69) is 20.4 Å². The number of nitrogens with one attached hydrogen (secondary N) is 1. The Morgan fingerprint density at radius 2 is 1.85 bits per heavy atom. The van der Waals surface area contributed by atoms with Gasteiger partial charge in [-0.2, -0.15) is 10.1 Å². The quantitative estimate of drug-likeness (QED) is 0.300. The zero-order valence-electron chi connectivity index (χ0n) is 21.9. The standard InChI is InChI=1S/C29H28N8O2/c1-4-22(33-26-21(19(3)32-29(30)35-26)14-15-24(38)36-17-9-16-31-36)27-34-23-13-8-10-18(2)25(23)28(39)37(27)20-11-6-5-7-12-20/h5-17,22H,4H2,1-3H3,(H3,30,32,33,35). The number of allylic oxidation sites excluding steroid dienone is 1. The third-order valence-corrected chi connectivity index (χ3v) is 6.45. The molecule has 0 fully saturated rings. The predicted octanol–water partition coefficient (Wildman–Crippen LogP) is 4.49. The topological polar surface area (TPSA) is 134 Å². The maximum Gasteiger partial charge on any atom is 0.270 e. The zero-order valence-corrected chi connectivity index (χ0v) is 21.9. The van der Waals surface area contributed by atoms with E-state index in [-0.39, 0.29) is 17.4 Å². The molecule has 39 heavy (non-hydrogen) atoms. The minimum Gasteiger partial charge on any atom is -0.368 e. The first-order valence-electron chi connectivity index (χ1n) is 12.6. The summed E-state index contributed by atoms with van der Waals surface area (Å²) in [4.78, 5) is 40.1. The lowest BCUT2D eigenvalue weighted by atomic mass is 10.1. The molecule has 0 aliphatic heterocycles. The van der Waals surface area contributed by atoms with Gasteiger partial charge in [-0.25, -0.2) is 14.6 Å². The van der Waals surface area contributed by atoms with Crippen molar-refractivity contribution in [3.63, 3.8) is 0 Å². The van der Waals surface area contributed by atoms with Gasteiger partial charge in [-0.3, -0.25) is 14.2 Å². The first-order chi connectivity index (χ1) is 18.9. The number of fused-ring (bicyclic) bond motifs is 1. The molecule has 0 saturated heterocycles. The summed E-state index contributed by atoms with van der Waals surface area (Å²) in [5.41, 5.74) is 9.23. The fraction of sp³-hybridized carbons (Fsp3) is 0.172. The molecule has 0 amide bonds. The van der Waals surface area contributed by atoms with E-state index in [0.717, 1.165) is 5.56 Å². The third-order valence-electron chi connectivity index (χ3n) is 6.45. The zero-order chi connectivity index (χ0) is 27.5. The van der Waals surface area contributed by atoms with Crippen molar-refractivity contribution in [2.24, 2.45) is 0 Å². The molecule has 5 rings (SSSR count). The highest BCUT2D eigenvalue weighted by Crippen LogP contribution is 2.28. The van der Waals surface area contributed by atoms with Crippen LogP contribution in [0, 0.1) is 13.8 Å². The summed E-state index contributed by atoms with van der Waals surface area (Å²) in [5.74, 6) is 0.723. The summed E-state index contributed by atoms with van der Waals surface area (Å²) < 4.78 is 2.87. The largest absolute Gasteiger partial charge is 0.368 e. The van der Waals surface area contributed by atoms with Crippen LogP contribution in [0.3, 0.4) is 0 Å². The van der Waals surface area contributed by atoms with Gasteiger partial charge in [-0.15, -0.1) is 0 Å². The van der Waals surface area contributed by atoms with Crippen molar-refractivity contribution in [1.82, 2.24) is 29.3 Å². The number of anilines is 2. The second-order valence-corrected chi connectivity index (χ2v) is 9.07. The average Bonchev–Trinajstić information content (AvgIpc) is 3.47. The molecule has 1 atom stereocenters.